The molecule has 0 aliphatic carbocycles. The summed E-state index contributed by atoms with van der Waals surface area (Å²) in [5, 5.41) is 9.37. The predicted octanol–water partition coefficient (Wildman–Crippen LogP) is 3.83. The maximum atomic E-state index is 12.2. The summed E-state index contributed by atoms with van der Waals surface area (Å²) < 4.78 is 40.5. The van der Waals surface area contributed by atoms with Crippen molar-refractivity contribution in [3.8, 4) is 11.8 Å². The zero-order valence-corrected chi connectivity index (χ0v) is 15.0. The van der Waals surface area contributed by atoms with Crippen molar-refractivity contribution in [2.75, 3.05) is 31.1 Å². The minimum absolute atomic E-state index is 0.206. The minimum Gasteiger partial charge on any atom is -0.406 e. The van der Waals surface area contributed by atoms with Gasteiger partial charge < -0.3 is 9.64 Å². The number of anilines is 1. The lowest BCUT2D eigenvalue weighted by atomic mass is 10.2. The van der Waals surface area contributed by atoms with Gasteiger partial charge in [0.2, 0.25) is 0 Å². The zero-order valence-electron chi connectivity index (χ0n) is 14.2. The van der Waals surface area contributed by atoms with Crippen LogP contribution in [-0.4, -0.2) is 42.4 Å². The molecule has 1 fully saturated rings. The molecule has 27 heavy (non-hydrogen) atoms. The first-order valence-electron chi connectivity index (χ1n) is 8.23. The van der Waals surface area contributed by atoms with Gasteiger partial charge in [-0.1, -0.05) is 23.7 Å². The molecule has 3 rings (SSSR count). The summed E-state index contributed by atoms with van der Waals surface area (Å²) in [5.41, 5.74) is 1.12. The van der Waals surface area contributed by atoms with E-state index in [4.69, 9.17) is 16.9 Å². The molecule has 9 heteroatoms. The molecule has 2 aromatic rings. The summed E-state index contributed by atoms with van der Waals surface area (Å²) in [7, 11) is 0. The van der Waals surface area contributed by atoms with Crippen LogP contribution in [0.5, 0.6) is 5.75 Å². The highest BCUT2D eigenvalue weighted by Crippen LogP contribution is 2.24. The van der Waals surface area contributed by atoms with Crippen LogP contribution in [0.4, 0.5) is 19.0 Å². The van der Waals surface area contributed by atoms with E-state index in [1.807, 2.05) is 6.07 Å². The molecule has 0 spiro atoms. The van der Waals surface area contributed by atoms with Gasteiger partial charge in [0.1, 0.15) is 17.6 Å². The maximum Gasteiger partial charge on any atom is 0.573 e. The van der Waals surface area contributed by atoms with Gasteiger partial charge in [0.25, 0.3) is 0 Å². The summed E-state index contributed by atoms with van der Waals surface area (Å²) in [6.45, 7) is 3.64. The van der Waals surface area contributed by atoms with Crippen LogP contribution >= 0.6 is 11.6 Å². The molecule has 5 nitrogen and oxygen atoms in total. The van der Waals surface area contributed by atoms with Gasteiger partial charge >= 0.3 is 6.36 Å². The Labute approximate surface area is 159 Å². The number of nitriles is 1. The first-order chi connectivity index (χ1) is 12.8. The normalized spacial score (nSPS) is 15.4. The van der Waals surface area contributed by atoms with Crippen LogP contribution in [0.15, 0.2) is 36.4 Å². The van der Waals surface area contributed by atoms with E-state index in [1.165, 1.54) is 12.1 Å². The number of halogens is 4. The number of piperazine rings is 1. The van der Waals surface area contributed by atoms with Gasteiger partial charge in [-0.3, -0.25) is 4.90 Å². The van der Waals surface area contributed by atoms with Crippen LogP contribution < -0.4 is 9.64 Å². The third-order valence-corrected chi connectivity index (χ3v) is 4.50. The summed E-state index contributed by atoms with van der Waals surface area (Å²) in [5.74, 6) is 0.488. The first-order valence-corrected chi connectivity index (χ1v) is 8.60. The number of benzene rings is 1. The van der Waals surface area contributed by atoms with E-state index in [2.05, 4.69) is 19.5 Å². The molecule has 1 aliphatic rings. The van der Waals surface area contributed by atoms with Gasteiger partial charge in [0.05, 0.1) is 5.02 Å². The lowest BCUT2D eigenvalue weighted by molar-refractivity contribution is -0.274. The number of ether oxygens (including phenoxy) is 1. The SMILES string of the molecule is N#Cc1nc(N2CCN(Cc3ccc(OC(F)(F)F)cc3)CC2)ccc1Cl. The Bertz CT molecular complexity index is 828. The summed E-state index contributed by atoms with van der Waals surface area (Å²) >= 11 is 5.91. The number of alkyl halides is 3. The first kappa shape index (κ1) is 19.3. The molecule has 0 N–H and O–H groups in total. The Morgan fingerprint density at radius 3 is 2.33 bits per heavy atom. The standard InChI is InChI=1S/C18H16ClF3N4O/c19-15-5-6-17(24-16(15)11-23)26-9-7-25(8-10-26)12-13-1-3-14(4-2-13)27-18(20,21)22/h1-6H,7-10,12H2. The van der Waals surface area contributed by atoms with Gasteiger partial charge in [-0.25, -0.2) is 4.98 Å². The van der Waals surface area contributed by atoms with E-state index in [-0.39, 0.29) is 11.4 Å². The monoisotopic (exact) mass is 396 g/mol. The fourth-order valence-electron chi connectivity index (χ4n) is 2.88. The fraction of sp³-hybridized carbons (Fsp3) is 0.333. The van der Waals surface area contributed by atoms with Crippen LogP contribution in [0.2, 0.25) is 5.02 Å². The second-order valence-electron chi connectivity index (χ2n) is 6.07. The highest BCUT2D eigenvalue weighted by Gasteiger charge is 2.31. The van der Waals surface area contributed by atoms with Crippen LogP contribution in [0.3, 0.4) is 0 Å². The number of aromatic nitrogens is 1. The van der Waals surface area contributed by atoms with Crippen molar-refractivity contribution in [3.05, 3.63) is 52.7 Å². The molecule has 1 saturated heterocycles. The number of pyridine rings is 1. The molecule has 0 amide bonds. The highest BCUT2D eigenvalue weighted by atomic mass is 35.5. The van der Waals surface area contributed by atoms with Crippen molar-refractivity contribution in [2.45, 2.75) is 12.9 Å². The van der Waals surface area contributed by atoms with Crippen molar-refractivity contribution in [1.29, 1.82) is 5.26 Å². The zero-order chi connectivity index (χ0) is 19.4. The number of hydrogen-bond donors (Lipinski definition) is 0. The second kappa shape index (κ2) is 8.03. The quantitative estimate of drug-likeness (QED) is 0.786. The highest BCUT2D eigenvalue weighted by molar-refractivity contribution is 6.31. The van der Waals surface area contributed by atoms with Crippen molar-refractivity contribution in [3.63, 3.8) is 0 Å². The fourth-order valence-corrected chi connectivity index (χ4v) is 3.02. The summed E-state index contributed by atoms with van der Waals surface area (Å²) in [6, 6.07) is 11.3. The Morgan fingerprint density at radius 2 is 1.74 bits per heavy atom. The topological polar surface area (TPSA) is 52.4 Å². The van der Waals surface area contributed by atoms with Crippen LogP contribution in [0.25, 0.3) is 0 Å². The molecular weight excluding hydrogens is 381 g/mol. The van der Waals surface area contributed by atoms with Gasteiger partial charge in [0.15, 0.2) is 5.69 Å². The predicted molar refractivity (Wildman–Crippen MR) is 94.6 cm³/mol. The Kier molecular flexibility index (Phi) is 5.73. The second-order valence-corrected chi connectivity index (χ2v) is 6.47. The summed E-state index contributed by atoms with van der Waals surface area (Å²) in [4.78, 5) is 8.55. The Morgan fingerprint density at radius 1 is 1.07 bits per heavy atom. The smallest absolute Gasteiger partial charge is 0.406 e. The molecule has 0 saturated carbocycles. The average Bonchev–Trinajstić information content (AvgIpc) is 2.63. The van der Waals surface area contributed by atoms with Gasteiger partial charge in [0, 0.05) is 32.7 Å². The van der Waals surface area contributed by atoms with E-state index in [9.17, 15) is 13.2 Å². The molecule has 0 bridgehead atoms. The number of hydrogen-bond acceptors (Lipinski definition) is 5. The summed E-state index contributed by atoms with van der Waals surface area (Å²) in [6.07, 6.45) is -4.68. The molecule has 2 heterocycles. The van der Waals surface area contributed by atoms with Crippen molar-refractivity contribution in [1.82, 2.24) is 9.88 Å². The minimum atomic E-state index is -4.68. The van der Waals surface area contributed by atoms with E-state index in [0.29, 0.717) is 17.4 Å². The maximum absolute atomic E-state index is 12.2. The molecule has 1 aromatic heterocycles. The van der Waals surface area contributed by atoms with Crippen molar-refractivity contribution in [2.24, 2.45) is 0 Å². The molecule has 142 valence electrons. The van der Waals surface area contributed by atoms with Gasteiger partial charge in [-0.2, -0.15) is 5.26 Å². The molecular formula is C18H16ClF3N4O. The Hall–Kier alpha value is -2.50. The lowest BCUT2D eigenvalue weighted by Crippen LogP contribution is -2.46. The van der Waals surface area contributed by atoms with Gasteiger partial charge in [-0.15, -0.1) is 13.2 Å². The van der Waals surface area contributed by atoms with Crippen LogP contribution in [0.1, 0.15) is 11.3 Å². The van der Waals surface area contributed by atoms with Crippen molar-refractivity contribution < 1.29 is 17.9 Å². The van der Waals surface area contributed by atoms with E-state index in [1.54, 1.807) is 24.3 Å². The molecule has 0 unspecified atom stereocenters. The van der Waals surface area contributed by atoms with E-state index < -0.39 is 6.36 Å². The lowest BCUT2D eigenvalue weighted by Gasteiger charge is -2.35. The van der Waals surface area contributed by atoms with Crippen molar-refractivity contribution >= 4 is 17.4 Å². The van der Waals surface area contributed by atoms with E-state index >= 15 is 0 Å². The van der Waals surface area contributed by atoms with E-state index in [0.717, 1.165) is 31.7 Å². The molecule has 1 aromatic carbocycles. The number of rotatable bonds is 4. The third-order valence-electron chi connectivity index (χ3n) is 4.20. The van der Waals surface area contributed by atoms with Gasteiger partial charge in [-0.05, 0) is 29.8 Å². The van der Waals surface area contributed by atoms with Crippen LogP contribution in [-0.2, 0) is 6.54 Å². The average molecular weight is 397 g/mol. The molecule has 1 aliphatic heterocycles. The molecule has 0 radical (unpaired) electrons. The number of nitrogens with zero attached hydrogens (tertiary/aromatic N) is 4. The van der Waals surface area contributed by atoms with Crippen LogP contribution in [0, 0.1) is 11.3 Å². The molecule has 0 atom stereocenters. The largest absolute Gasteiger partial charge is 0.573 e. The third kappa shape index (κ3) is 5.25. The Balaban J connectivity index is 1.54.